The van der Waals surface area contributed by atoms with Crippen LogP contribution < -0.4 is 9.47 Å². The Morgan fingerprint density at radius 3 is 2.30 bits per heavy atom. The van der Waals surface area contributed by atoms with Crippen LogP contribution in [0.15, 0.2) is 30.6 Å². The van der Waals surface area contributed by atoms with Crippen LogP contribution in [0.25, 0.3) is 0 Å². The highest BCUT2D eigenvalue weighted by Gasteiger charge is 2.52. The molecule has 1 aromatic heterocycles. The van der Waals surface area contributed by atoms with Crippen molar-refractivity contribution in [1.82, 2.24) is 14.3 Å². The van der Waals surface area contributed by atoms with E-state index in [1.54, 1.807) is 0 Å². The number of aromatic nitrogens is 2. The van der Waals surface area contributed by atoms with Crippen molar-refractivity contribution in [3.05, 3.63) is 41.7 Å². The van der Waals surface area contributed by atoms with Crippen molar-refractivity contribution in [2.45, 2.75) is 75.8 Å². The summed E-state index contributed by atoms with van der Waals surface area (Å²) < 4.78 is 39.7. The number of benzene rings is 1. The van der Waals surface area contributed by atoms with Gasteiger partial charge in [-0.15, -0.1) is 0 Å². The molecule has 30 heavy (non-hydrogen) atoms. The van der Waals surface area contributed by atoms with Gasteiger partial charge in [-0.05, 0) is 51.2 Å². The van der Waals surface area contributed by atoms with Crippen molar-refractivity contribution in [3.8, 4) is 17.5 Å². The minimum atomic E-state index is -3.14. The average molecular weight is 430 g/mol. The van der Waals surface area contributed by atoms with Crippen LogP contribution >= 0.6 is 0 Å². The molecule has 8 heteroatoms. The first-order chi connectivity index (χ1) is 14.4. The van der Waals surface area contributed by atoms with Gasteiger partial charge in [-0.1, -0.05) is 18.2 Å². The molecular formula is C22H27N3O4S. The molecule has 1 aliphatic carbocycles. The fourth-order valence-corrected chi connectivity index (χ4v) is 7.00. The van der Waals surface area contributed by atoms with E-state index >= 15 is 0 Å². The zero-order chi connectivity index (χ0) is 20.9. The minimum Gasteiger partial charge on any atom is -0.474 e. The predicted octanol–water partition coefficient (Wildman–Crippen LogP) is 3.75. The summed E-state index contributed by atoms with van der Waals surface area (Å²) >= 11 is 0. The molecule has 2 unspecified atom stereocenters. The Morgan fingerprint density at radius 1 is 0.967 bits per heavy atom. The summed E-state index contributed by atoms with van der Waals surface area (Å²) in [4.78, 5) is 8.61. The molecule has 160 valence electrons. The summed E-state index contributed by atoms with van der Waals surface area (Å²) in [6.45, 7) is 3.88. The summed E-state index contributed by atoms with van der Waals surface area (Å²) in [5.74, 6) is 1.74. The summed E-state index contributed by atoms with van der Waals surface area (Å²) in [7, 11) is -3.14. The van der Waals surface area contributed by atoms with E-state index in [1.165, 1.54) is 6.33 Å². The van der Waals surface area contributed by atoms with Crippen LogP contribution in [0.1, 0.15) is 49.7 Å². The number of sulfonamides is 1. The molecule has 2 aromatic rings. The summed E-state index contributed by atoms with van der Waals surface area (Å²) in [5.41, 5.74) is 1.78. The lowest BCUT2D eigenvalue weighted by Gasteiger charge is -2.37. The van der Waals surface area contributed by atoms with Crippen LogP contribution in [0, 0.1) is 13.8 Å². The topological polar surface area (TPSA) is 81.6 Å². The maximum atomic E-state index is 12.8. The number of fused-ring (bicyclic) bond motifs is 2. The quantitative estimate of drug-likeness (QED) is 0.696. The second kappa shape index (κ2) is 7.50. The van der Waals surface area contributed by atoms with E-state index < -0.39 is 10.0 Å². The summed E-state index contributed by atoms with van der Waals surface area (Å²) in [6, 6.07) is 7.88. The third-order valence-corrected chi connectivity index (χ3v) is 8.93. The normalized spacial score (nSPS) is 26.5. The standard InChI is InChI=1S/C22H27N3O4S/c1-14-5-3-4-6-20(14)29-22-15(2)21(23-13-24-22)28-18-11-16-7-8-17(12-18)25(16)30(26,27)19-9-10-19/h3-6,13,16-19H,7-12H2,1-2H3. The van der Waals surface area contributed by atoms with E-state index in [0.29, 0.717) is 24.6 Å². The molecule has 3 fully saturated rings. The Bertz CT molecular complexity index is 1040. The summed E-state index contributed by atoms with van der Waals surface area (Å²) in [6.07, 6.45) is 6.27. The van der Waals surface area contributed by atoms with Crippen molar-refractivity contribution >= 4 is 10.0 Å². The molecule has 2 saturated heterocycles. The number of hydrogen-bond donors (Lipinski definition) is 0. The Morgan fingerprint density at radius 2 is 1.63 bits per heavy atom. The average Bonchev–Trinajstić information content (AvgIpc) is 3.53. The van der Waals surface area contributed by atoms with Gasteiger partial charge in [0.1, 0.15) is 18.2 Å². The number of para-hydroxylation sites is 1. The van der Waals surface area contributed by atoms with Crippen molar-refractivity contribution in [1.29, 1.82) is 0 Å². The fourth-order valence-electron chi connectivity index (χ4n) is 4.71. The predicted molar refractivity (Wildman–Crippen MR) is 112 cm³/mol. The first kappa shape index (κ1) is 19.8. The number of hydrogen-bond acceptors (Lipinski definition) is 6. The molecule has 3 aliphatic rings. The van der Waals surface area contributed by atoms with E-state index in [4.69, 9.17) is 9.47 Å². The molecule has 0 spiro atoms. The monoisotopic (exact) mass is 429 g/mol. The van der Waals surface area contributed by atoms with Gasteiger partial charge >= 0.3 is 0 Å². The van der Waals surface area contributed by atoms with Crippen molar-refractivity contribution < 1.29 is 17.9 Å². The molecule has 0 amide bonds. The zero-order valence-corrected chi connectivity index (χ0v) is 18.1. The fraction of sp³-hybridized carbons (Fsp3) is 0.545. The number of piperidine rings is 1. The van der Waals surface area contributed by atoms with Gasteiger partial charge in [0.2, 0.25) is 21.8 Å². The molecule has 3 heterocycles. The van der Waals surface area contributed by atoms with E-state index in [1.807, 2.05) is 42.4 Å². The van der Waals surface area contributed by atoms with Crippen LogP contribution in [0.3, 0.4) is 0 Å². The van der Waals surface area contributed by atoms with Gasteiger partial charge < -0.3 is 9.47 Å². The van der Waals surface area contributed by atoms with Gasteiger partial charge in [-0.25, -0.2) is 18.4 Å². The SMILES string of the molecule is Cc1ccccc1Oc1ncnc(OC2CC3CCC(C2)N3S(=O)(=O)C2CC2)c1C. The highest BCUT2D eigenvalue weighted by atomic mass is 32.2. The van der Waals surface area contributed by atoms with Crippen LogP contribution in [-0.2, 0) is 10.0 Å². The smallest absolute Gasteiger partial charge is 0.229 e. The molecule has 2 bridgehead atoms. The van der Waals surface area contributed by atoms with Gasteiger partial charge in [0.15, 0.2) is 0 Å². The molecule has 0 N–H and O–H groups in total. The zero-order valence-electron chi connectivity index (χ0n) is 17.3. The van der Waals surface area contributed by atoms with Crippen LogP contribution in [0.5, 0.6) is 17.5 Å². The molecule has 2 aliphatic heterocycles. The van der Waals surface area contributed by atoms with E-state index in [2.05, 4.69) is 9.97 Å². The van der Waals surface area contributed by atoms with Crippen LogP contribution in [-0.4, -0.2) is 46.1 Å². The minimum absolute atomic E-state index is 0.0455. The molecule has 1 saturated carbocycles. The van der Waals surface area contributed by atoms with Gasteiger partial charge in [0.25, 0.3) is 0 Å². The highest BCUT2D eigenvalue weighted by molar-refractivity contribution is 7.90. The lowest BCUT2D eigenvalue weighted by Crippen LogP contribution is -2.50. The van der Waals surface area contributed by atoms with Gasteiger partial charge in [-0.3, -0.25) is 0 Å². The number of nitrogens with zero attached hydrogens (tertiary/aromatic N) is 3. The first-order valence-corrected chi connectivity index (χ1v) is 12.2. The molecule has 0 radical (unpaired) electrons. The Hall–Kier alpha value is -2.19. The van der Waals surface area contributed by atoms with E-state index in [9.17, 15) is 8.42 Å². The molecule has 2 atom stereocenters. The lowest BCUT2D eigenvalue weighted by atomic mass is 10.0. The van der Waals surface area contributed by atoms with Gasteiger partial charge in [0, 0.05) is 24.9 Å². The Kier molecular flexibility index (Phi) is 4.94. The maximum absolute atomic E-state index is 12.8. The third kappa shape index (κ3) is 3.56. The molecule has 1 aromatic carbocycles. The Balaban J connectivity index is 1.31. The first-order valence-electron chi connectivity index (χ1n) is 10.7. The second-order valence-corrected chi connectivity index (χ2v) is 10.8. The maximum Gasteiger partial charge on any atom is 0.229 e. The van der Waals surface area contributed by atoms with Crippen molar-refractivity contribution in [3.63, 3.8) is 0 Å². The van der Waals surface area contributed by atoms with Crippen molar-refractivity contribution in [2.24, 2.45) is 0 Å². The second-order valence-electron chi connectivity index (χ2n) is 8.65. The molecule has 5 rings (SSSR count). The van der Waals surface area contributed by atoms with Gasteiger partial charge in [0.05, 0.1) is 10.8 Å². The Labute approximate surface area is 177 Å². The number of rotatable bonds is 6. The molecular weight excluding hydrogens is 402 g/mol. The van der Waals surface area contributed by atoms with E-state index in [-0.39, 0.29) is 23.4 Å². The van der Waals surface area contributed by atoms with Crippen LogP contribution in [0.2, 0.25) is 0 Å². The van der Waals surface area contributed by atoms with Crippen molar-refractivity contribution in [2.75, 3.05) is 0 Å². The largest absolute Gasteiger partial charge is 0.474 e. The molecule has 7 nitrogen and oxygen atoms in total. The number of ether oxygens (including phenoxy) is 2. The third-order valence-electron chi connectivity index (χ3n) is 6.43. The highest BCUT2D eigenvalue weighted by Crippen LogP contribution is 2.44. The van der Waals surface area contributed by atoms with E-state index in [0.717, 1.165) is 42.6 Å². The number of aryl methyl sites for hydroxylation is 1. The lowest BCUT2D eigenvalue weighted by molar-refractivity contribution is 0.0906. The summed E-state index contributed by atoms with van der Waals surface area (Å²) in [5, 5.41) is -0.150. The van der Waals surface area contributed by atoms with Crippen LogP contribution in [0.4, 0.5) is 0 Å². The van der Waals surface area contributed by atoms with Gasteiger partial charge in [-0.2, -0.15) is 4.31 Å².